The van der Waals surface area contributed by atoms with Crippen molar-refractivity contribution in [3.8, 4) is 0 Å². The van der Waals surface area contributed by atoms with Crippen LogP contribution in [-0.2, 0) is 0 Å². The van der Waals surface area contributed by atoms with Crippen LogP contribution in [0.2, 0.25) is 0 Å². The molecule has 0 fully saturated rings. The SMILES string of the molecule is CN(c1ccnc(F)n1)C(C)(C)C. The van der Waals surface area contributed by atoms with Crippen LogP contribution in [0, 0.1) is 6.08 Å². The van der Waals surface area contributed by atoms with Crippen molar-refractivity contribution in [2.75, 3.05) is 11.9 Å². The first-order valence-corrected chi connectivity index (χ1v) is 4.13. The zero-order chi connectivity index (χ0) is 10.1. The summed E-state index contributed by atoms with van der Waals surface area (Å²) in [4.78, 5) is 8.99. The minimum Gasteiger partial charge on any atom is -0.355 e. The molecule has 0 saturated carbocycles. The monoisotopic (exact) mass is 183 g/mol. The molecule has 0 saturated heterocycles. The molecule has 0 aromatic carbocycles. The van der Waals surface area contributed by atoms with E-state index in [0.29, 0.717) is 5.82 Å². The predicted octanol–water partition coefficient (Wildman–Crippen LogP) is 1.85. The van der Waals surface area contributed by atoms with Gasteiger partial charge in [-0.1, -0.05) is 0 Å². The molecule has 0 radical (unpaired) electrons. The van der Waals surface area contributed by atoms with Gasteiger partial charge in [-0.05, 0) is 26.8 Å². The number of halogens is 1. The summed E-state index contributed by atoms with van der Waals surface area (Å²) in [7, 11) is 1.88. The number of rotatable bonds is 1. The molecule has 0 N–H and O–H groups in total. The van der Waals surface area contributed by atoms with Gasteiger partial charge in [0.05, 0.1) is 0 Å². The van der Waals surface area contributed by atoms with E-state index in [2.05, 4.69) is 9.97 Å². The van der Waals surface area contributed by atoms with Crippen molar-refractivity contribution in [2.45, 2.75) is 26.3 Å². The van der Waals surface area contributed by atoms with E-state index >= 15 is 0 Å². The molecular weight excluding hydrogens is 169 g/mol. The number of hydrogen-bond donors (Lipinski definition) is 0. The van der Waals surface area contributed by atoms with Gasteiger partial charge < -0.3 is 4.90 Å². The van der Waals surface area contributed by atoms with Crippen molar-refractivity contribution in [1.29, 1.82) is 0 Å². The van der Waals surface area contributed by atoms with Crippen LogP contribution in [0.5, 0.6) is 0 Å². The molecule has 3 nitrogen and oxygen atoms in total. The number of hydrogen-bond acceptors (Lipinski definition) is 3. The van der Waals surface area contributed by atoms with Gasteiger partial charge in [0.15, 0.2) is 0 Å². The van der Waals surface area contributed by atoms with Crippen molar-refractivity contribution in [3.63, 3.8) is 0 Å². The summed E-state index contributed by atoms with van der Waals surface area (Å²) in [6, 6.07) is 1.69. The lowest BCUT2D eigenvalue weighted by Crippen LogP contribution is -2.38. The lowest BCUT2D eigenvalue weighted by Gasteiger charge is -2.32. The average Bonchev–Trinajstić information content (AvgIpc) is 2.01. The minimum absolute atomic E-state index is 0.0687. The van der Waals surface area contributed by atoms with Gasteiger partial charge in [0.25, 0.3) is 0 Å². The van der Waals surface area contributed by atoms with Gasteiger partial charge in [-0.15, -0.1) is 0 Å². The first-order valence-electron chi connectivity index (χ1n) is 4.13. The molecule has 13 heavy (non-hydrogen) atoms. The number of anilines is 1. The fourth-order valence-corrected chi connectivity index (χ4v) is 0.857. The Hall–Kier alpha value is -1.19. The van der Waals surface area contributed by atoms with Crippen molar-refractivity contribution >= 4 is 5.82 Å². The average molecular weight is 183 g/mol. The normalized spacial score (nSPS) is 11.5. The van der Waals surface area contributed by atoms with E-state index in [-0.39, 0.29) is 5.54 Å². The quantitative estimate of drug-likeness (QED) is 0.622. The van der Waals surface area contributed by atoms with Crippen LogP contribution in [0.4, 0.5) is 10.2 Å². The molecule has 1 rings (SSSR count). The highest BCUT2D eigenvalue weighted by atomic mass is 19.1. The summed E-state index contributed by atoms with van der Waals surface area (Å²) in [5.41, 5.74) is -0.0687. The largest absolute Gasteiger partial charge is 0.355 e. The standard InChI is InChI=1S/C9H14FN3/c1-9(2,3)13(4)7-5-6-11-8(10)12-7/h5-6H,1-4H3. The molecule has 0 aliphatic carbocycles. The highest BCUT2D eigenvalue weighted by molar-refractivity contribution is 5.38. The van der Waals surface area contributed by atoms with Crippen LogP contribution in [0.3, 0.4) is 0 Å². The highest BCUT2D eigenvalue weighted by Crippen LogP contribution is 2.18. The molecule has 0 spiro atoms. The topological polar surface area (TPSA) is 29.0 Å². The smallest absolute Gasteiger partial charge is 0.310 e. The number of nitrogens with zero attached hydrogens (tertiary/aromatic N) is 3. The Morgan fingerprint density at radius 3 is 2.46 bits per heavy atom. The van der Waals surface area contributed by atoms with Gasteiger partial charge in [0.2, 0.25) is 0 Å². The Bertz CT molecular complexity index is 293. The minimum atomic E-state index is -0.686. The zero-order valence-corrected chi connectivity index (χ0v) is 8.37. The molecule has 4 heteroatoms. The summed E-state index contributed by atoms with van der Waals surface area (Å²) < 4.78 is 12.7. The maximum Gasteiger partial charge on any atom is 0.310 e. The van der Waals surface area contributed by atoms with Crippen molar-refractivity contribution in [1.82, 2.24) is 9.97 Å². The summed E-state index contributed by atoms with van der Waals surface area (Å²) in [5.74, 6) is 0.597. The third kappa shape index (κ3) is 2.37. The van der Waals surface area contributed by atoms with Gasteiger partial charge in [0.1, 0.15) is 5.82 Å². The van der Waals surface area contributed by atoms with E-state index in [1.165, 1.54) is 6.20 Å². The Kier molecular flexibility index (Phi) is 2.50. The molecule has 1 aromatic rings. The maximum atomic E-state index is 12.7. The molecule has 1 heterocycles. The molecule has 0 amide bonds. The molecule has 72 valence electrons. The van der Waals surface area contributed by atoms with Crippen molar-refractivity contribution in [2.24, 2.45) is 0 Å². The summed E-state index contributed by atoms with van der Waals surface area (Å²) >= 11 is 0. The van der Waals surface area contributed by atoms with Crippen molar-refractivity contribution < 1.29 is 4.39 Å². The van der Waals surface area contributed by atoms with E-state index in [4.69, 9.17) is 0 Å². The Labute approximate surface area is 77.6 Å². The molecule has 1 aromatic heterocycles. The highest BCUT2D eigenvalue weighted by Gasteiger charge is 2.18. The molecule has 0 bridgehead atoms. The molecule has 0 atom stereocenters. The van der Waals surface area contributed by atoms with Gasteiger partial charge in [-0.2, -0.15) is 9.37 Å². The fraction of sp³-hybridized carbons (Fsp3) is 0.556. The van der Waals surface area contributed by atoms with Gasteiger partial charge in [0, 0.05) is 18.8 Å². The summed E-state index contributed by atoms with van der Waals surface area (Å²) in [6.45, 7) is 6.10. The lowest BCUT2D eigenvalue weighted by atomic mass is 10.1. The second-order valence-corrected chi connectivity index (χ2v) is 3.91. The number of aromatic nitrogens is 2. The third-order valence-electron chi connectivity index (χ3n) is 1.96. The van der Waals surface area contributed by atoms with Crippen LogP contribution in [-0.4, -0.2) is 22.6 Å². The molecule has 0 unspecified atom stereocenters. The van der Waals surface area contributed by atoms with Gasteiger partial charge in [-0.25, -0.2) is 4.98 Å². The lowest BCUT2D eigenvalue weighted by molar-refractivity contribution is 0.509. The Balaban J connectivity index is 2.96. The summed E-state index contributed by atoms with van der Waals surface area (Å²) in [6.07, 6.45) is 0.730. The Morgan fingerprint density at radius 1 is 1.38 bits per heavy atom. The Morgan fingerprint density at radius 2 is 2.00 bits per heavy atom. The molecule has 0 aliphatic heterocycles. The fourth-order valence-electron chi connectivity index (χ4n) is 0.857. The maximum absolute atomic E-state index is 12.7. The van der Waals surface area contributed by atoms with Crippen molar-refractivity contribution in [3.05, 3.63) is 18.3 Å². The van der Waals surface area contributed by atoms with Crippen LogP contribution < -0.4 is 4.90 Å². The van der Waals surface area contributed by atoms with Crippen LogP contribution in [0.1, 0.15) is 20.8 Å². The van der Waals surface area contributed by atoms with Crippen LogP contribution >= 0.6 is 0 Å². The third-order valence-corrected chi connectivity index (χ3v) is 1.96. The molecule has 0 aliphatic rings. The van der Waals surface area contributed by atoms with E-state index < -0.39 is 6.08 Å². The van der Waals surface area contributed by atoms with E-state index in [1.54, 1.807) is 6.07 Å². The zero-order valence-electron chi connectivity index (χ0n) is 8.37. The summed E-state index contributed by atoms with van der Waals surface area (Å²) in [5, 5.41) is 0. The van der Waals surface area contributed by atoms with Gasteiger partial charge >= 0.3 is 6.08 Å². The van der Waals surface area contributed by atoms with Crippen LogP contribution in [0.15, 0.2) is 12.3 Å². The first-order chi connectivity index (χ1) is 5.91. The van der Waals surface area contributed by atoms with E-state index in [9.17, 15) is 4.39 Å². The predicted molar refractivity (Wildman–Crippen MR) is 50.1 cm³/mol. The van der Waals surface area contributed by atoms with Crippen LogP contribution in [0.25, 0.3) is 0 Å². The second kappa shape index (κ2) is 3.28. The first kappa shape index (κ1) is 9.89. The van der Waals surface area contributed by atoms with Gasteiger partial charge in [-0.3, -0.25) is 0 Å². The second-order valence-electron chi connectivity index (χ2n) is 3.91. The molecular formula is C9H14FN3. The van der Waals surface area contributed by atoms with E-state index in [1.807, 2.05) is 32.7 Å². The van der Waals surface area contributed by atoms with E-state index in [0.717, 1.165) is 0 Å².